The van der Waals surface area contributed by atoms with Crippen molar-refractivity contribution < 1.29 is 0 Å². The predicted octanol–water partition coefficient (Wildman–Crippen LogP) is 5.08. The molecule has 0 bridgehead atoms. The van der Waals surface area contributed by atoms with Crippen LogP contribution in [0.4, 0.5) is 5.69 Å². The monoisotopic (exact) mass is 440 g/mol. The van der Waals surface area contributed by atoms with E-state index in [1.807, 2.05) is 42.6 Å². The van der Waals surface area contributed by atoms with Crippen molar-refractivity contribution in [3.05, 3.63) is 77.8 Å². The van der Waals surface area contributed by atoms with Gasteiger partial charge in [-0.15, -0.1) is 11.8 Å². The molecule has 1 fully saturated rings. The Balaban J connectivity index is 1.39. The summed E-state index contributed by atoms with van der Waals surface area (Å²) in [6.45, 7) is 5.43. The van der Waals surface area contributed by atoms with Crippen LogP contribution in [0.5, 0.6) is 0 Å². The highest BCUT2D eigenvalue weighted by atomic mass is 35.5. The molecule has 4 rings (SSSR count). The van der Waals surface area contributed by atoms with Gasteiger partial charge < -0.3 is 14.4 Å². The molecule has 0 radical (unpaired) electrons. The maximum absolute atomic E-state index is 6.03. The number of halogens is 1. The quantitative estimate of drug-likeness (QED) is 0.456. The van der Waals surface area contributed by atoms with Gasteiger partial charge in [0.05, 0.1) is 6.33 Å². The van der Waals surface area contributed by atoms with Crippen LogP contribution in [0.25, 0.3) is 0 Å². The van der Waals surface area contributed by atoms with E-state index in [9.17, 15) is 0 Å². The van der Waals surface area contributed by atoms with Crippen LogP contribution in [0.2, 0.25) is 5.02 Å². The first-order valence-electron chi connectivity index (χ1n) is 10.6. The molecule has 0 amide bonds. The van der Waals surface area contributed by atoms with Crippen molar-refractivity contribution in [2.24, 2.45) is 0 Å². The van der Waals surface area contributed by atoms with E-state index < -0.39 is 0 Å². The van der Waals surface area contributed by atoms with E-state index in [-0.39, 0.29) is 0 Å². The van der Waals surface area contributed by atoms with Crippen molar-refractivity contribution in [2.75, 3.05) is 38.1 Å². The fraction of sp³-hybridized carbons (Fsp3) is 0.375. The molecule has 1 aliphatic heterocycles. The molecule has 1 aliphatic rings. The molecule has 1 atom stereocenters. The zero-order chi connectivity index (χ0) is 20.8. The largest absolute Gasteiger partial charge is 0.369 e. The Morgan fingerprint density at radius 3 is 2.40 bits per heavy atom. The van der Waals surface area contributed by atoms with Gasteiger partial charge in [0, 0.05) is 66.0 Å². The van der Waals surface area contributed by atoms with Crippen molar-refractivity contribution in [1.82, 2.24) is 14.5 Å². The SMILES string of the molecule is CN1CCN(c2ccc(SC(CCc3ccc(Cl)cc3)Cn3ccnc3)cc2)CC1. The summed E-state index contributed by atoms with van der Waals surface area (Å²) in [7, 11) is 2.20. The Hall–Kier alpha value is -1.95. The maximum atomic E-state index is 6.03. The number of rotatable bonds is 8. The molecule has 0 N–H and O–H groups in total. The van der Waals surface area contributed by atoms with Crippen molar-refractivity contribution >= 4 is 29.1 Å². The second-order valence-corrected chi connectivity index (χ2v) is 9.76. The average Bonchev–Trinajstić information content (AvgIpc) is 3.27. The molecule has 1 aromatic heterocycles. The molecule has 0 aliphatic carbocycles. The van der Waals surface area contributed by atoms with Crippen molar-refractivity contribution in [1.29, 1.82) is 0 Å². The molecule has 6 heteroatoms. The van der Waals surface area contributed by atoms with E-state index in [0.717, 1.165) is 50.6 Å². The van der Waals surface area contributed by atoms with E-state index in [1.54, 1.807) is 0 Å². The molecular formula is C24H29ClN4S. The van der Waals surface area contributed by atoms with Crippen LogP contribution in [0.3, 0.4) is 0 Å². The first-order valence-corrected chi connectivity index (χ1v) is 11.8. The summed E-state index contributed by atoms with van der Waals surface area (Å²) < 4.78 is 2.18. The number of likely N-dealkylation sites (N-methyl/N-ethyl adjacent to an activating group) is 1. The van der Waals surface area contributed by atoms with Gasteiger partial charge in [-0.3, -0.25) is 0 Å². The minimum absolute atomic E-state index is 0.476. The summed E-state index contributed by atoms with van der Waals surface area (Å²) in [5.41, 5.74) is 2.67. The predicted molar refractivity (Wildman–Crippen MR) is 128 cm³/mol. The molecule has 158 valence electrons. The molecule has 4 nitrogen and oxygen atoms in total. The van der Waals surface area contributed by atoms with E-state index in [2.05, 4.69) is 62.8 Å². The van der Waals surface area contributed by atoms with Crippen LogP contribution in [0, 0.1) is 0 Å². The van der Waals surface area contributed by atoms with Gasteiger partial charge in [-0.05, 0) is 61.9 Å². The summed E-state index contributed by atoms with van der Waals surface area (Å²) in [6, 6.07) is 17.3. The number of aromatic nitrogens is 2. The zero-order valence-electron chi connectivity index (χ0n) is 17.5. The summed E-state index contributed by atoms with van der Waals surface area (Å²) in [5.74, 6) is 0. The molecule has 0 saturated carbocycles. The third kappa shape index (κ3) is 6.03. The summed E-state index contributed by atoms with van der Waals surface area (Å²) in [6.07, 6.45) is 7.96. The van der Waals surface area contributed by atoms with E-state index >= 15 is 0 Å². The number of benzene rings is 2. The first kappa shape index (κ1) is 21.3. The van der Waals surface area contributed by atoms with Gasteiger partial charge >= 0.3 is 0 Å². The Kier molecular flexibility index (Phi) is 7.37. The van der Waals surface area contributed by atoms with E-state index in [1.165, 1.54) is 16.1 Å². The molecular weight excluding hydrogens is 412 g/mol. The minimum Gasteiger partial charge on any atom is -0.369 e. The number of nitrogens with zero attached hydrogens (tertiary/aromatic N) is 4. The van der Waals surface area contributed by atoms with Crippen LogP contribution >= 0.6 is 23.4 Å². The lowest BCUT2D eigenvalue weighted by molar-refractivity contribution is 0.313. The highest BCUT2D eigenvalue weighted by Gasteiger charge is 2.15. The van der Waals surface area contributed by atoms with Gasteiger partial charge in [0.15, 0.2) is 0 Å². The molecule has 1 unspecified atom stereocenters. The van der Waals surface area contributed by atoms with Gasteiger partial charge in [0.2, 0.25) is 0 Å². The average molecular weight is 441 g/mol. The second-order valence-electron chi connectivity index (χ2n) is 7.95. The standard InChI is InChI=1S/C24H29ClN4S/c1-27-14-16-29(17-15-27)22-7-10-23(11-8-22)30-24(18-28-13-12-26-19-28)9-4-20-2-5-21(25)6-3-20/h2-3,5-8,10-13,19,24H,4,9,14-18H2,1H3. The topological polar surface area (TPSA) is 24.3 Å². The van der Waals surface area contributed by atoms with Gasteiger partial charge in [0.25, 0.3) is 0 Å². The van der Waals surface area contributed by atoms with Gasteiger partial charge in [-0.25, -0.2) is 4.98 Å². The Labute approximate surface area is 188 Å². The lowest BCUT2D eigenvalue weighted by Crippen LogP contribution is -2.44. The third-order valence-electron chi connectivity index (χ3n) is 5.65. The normalized spacial score (nSPS) is 16.0. The van der Waals surface area contributed by atoms with Crippen molar-refractivity contribution in [2.45, 2.75) is 29.5 Å². The first-order chi connectivity index (χ1) is 14.7. The van der Waals surface area contributed by atoms with Gasteiger partial charge in [-0.1, -0.05) is 23.7 Å². The highest BCUT2D eigenvalue weighted by Crippen LogP contribution is 2.30. The molecule has 3 aromatic rings. The summed E-state index contributed by atoms with van der Waals surface area (Å²) in [5, 5.41) is 1.27. The van der Waals surface area contributed by atoms with Crippen molar-refractivity contribution in [3.63, 3.8) is 0 Å². The van der Waals surface area contributed by atoms with Crippen LogP contribution in [0.15, 0.2) is 72.1 Å². The fourth-order valence-electron chi connectivity index (χ4n) is 3.79. The second kappa shape index (κ2) is 10.4. The smallest absolute Gasteiger partial charge is 0.0946 e. The molecule has 2 heterocycles. The molecule has 0 spiro atoms. The lowest BCUT2D eigenvalue weighted by atomic mass is 10.1. The zero-order valence-corrected chi connectivity index (χ0v) is 19.0. The van der Waals surface area contributed by atoms with Crippen LogP contribution in [-0.2, 0) is 13.0 Å². The lowest BCUT2D eigenvalue weighted by Gasteiger charge is -2.34. The van der Waals surface area contributed by atoms with Gasteiger partial charge in [0.1, 0.15) is 0 Å². The van der Waals surface area contributed by atoms with Crippen LogP contribution in [0.1, 0.15) is 12.0 Å². The third-order valence-corrected chi connectivity index (χ3v) is 7.16. The highest BCUT2D eigenvalue weighted by molar-refractivity contribution is 8.00. The summed E-state index contributed by atoms with van der Waals surface area (Å²) >= 11 is 8.00. The molecule has 2 aromatic carbocycles. The number of hydrogen-bond donors (Lipinski definition) is 0. The van der Waals surface area contributed by atoms with E-state index in [4.69, 9.17) is 11.6 Å². The Morgan fingerprint density at radius 2 is 1.73 bits per heavy atom. The van der Waals surface area contributed by atoms with Crippen molar-refractivity contribution in [3.8, 4) is 0 Å². The van der Waals surface area contributed by atoms with Crippen LogP contribution < -0.4 is 4.90 Å². The number of hydrogen-bond acceptors (Lipinski definition) is 4. The summed E-state index contributed by atoms with van der Waals surface area (Å²) in [4.78, 5) is 10.4. The number of aryl methyl sites for hydroxylation is 1. The fourth-order valence-corrected chi connectivity index (χ4v) is 5.08. The minimum atomic E-state index is 0.476. The van der Waals surface area contributed by atoms with Gasteiger partial charge in [-0.2, -0.15) is 0 Å². The number of imidazole rings is 1. The molecule has 30 heavy (non-hydrogen) atoms. The maximum Gasteiger partial charge on any atom is 0.0946 e. The number of piperazine rings is 1. The van der Waals surface area contributed by atoms with Crippen LogP contribution in [-0.4, -0.2) is 52.9 Å². The Bertz CT molecular complexity index is 888. The number of anilines is 1. The molecule has 1 saturated heterocycles. The van der Waals surface area contributed by atoms with E-state index in [0.29, 0.717) is 5.25 Å². The number of thioether (sulfide) groups is 1. The Morgan fingerprint density at radius 1 is 1.00 bits per heavy atom.